The molecule has 0 aromatic carbocycles. The summed E-state index contributed by atoms with van der Waals surface area (Å²) in [6, 6.07) is 0. The van der Waals surface area contributed by atoms with Gasteiger partial charge in [-0.2, -0.15) is 0 Å². The van der Waals surface area contributed by atoms with Gasteiger partial charge in [0.05, 0.1) is 0 Å². The van der Waals surface area contributed by atoms with Crippen LogP contribution in [0.2, 0.25) is 0 Å². The van der Waals surface area contributed by atoms with Gasteiger partial charge >= 0.3 is 29.6 Å². The van der Waals surface area contributed by atoms with E-state index < -0.39 is 5.97 Å². The largest absolute Gasteiger partial charge is 1.00 e. The smallest absolute Gasteiger partial charge is 0.521 e. The summed E-state index contributed by atoms with van der Waals surface area (Å²) >= 11 is 0. The number of rotatable bonds is 0. The zero-order valence-corrected chi connectivity index (χ0v) is 6.64. The summed E-state index contributed by atoms with van der Waals surface area (Å²) in [7, 11) is 0. The molecule has 0 amide bonds. The molecule has 0 aromatic rings. The third-order valence-corrected chi connectivity index (χ3v) is 0. The van der Waals surface area contributed by atoms with E-state index >= 15 is 0 Å². The van der Waals surface area contributed by atoms with Crippen molar-refractivity contribution < 1.29 is 39.5 Å². The summed E-state index contributed by atoms with van der Waals surface area (Å²) in [4.78, 5) is 9.00. The first-order chi connectivity index (χ1) is 2.73. The van der Waals surface area contributed by atoms with Gasteiger partial charge in [0.25, 0.3) is 5.97 Å². The first-order valence-corrected chi connectivity index (χ1v) is 1.34. The molecule has 0 fully saturated rings. The maximum Gasteiger partial charge on any atom is 1.00 e. The molecule has 0 saturated carbocycles. The van der Waals surface area contributed by atoms with E-state index in [1.54, 1.807) is 0 Å². The quantitative estimate of drug-likeness (QED) is 0.281. The van der Waals surface area contributed by atoms with Crippen molar-refractivity contribution in [1.29, 1.82) is 0 Å². The number of hydrogen-bond acceptors (Lipinski definition) is 1. The molecule has 0 bridgehead atoms. The molecule has 0 unspecified atom stereocenters. The van der Waals surface area contributed by atoms with Crippen molar-refractivity contribution in [2.75, 3.05) is 0 Å². The van der Waals surface area contributed by atoms with Crippen molar-refractivity contribution in [2.45, 2.75) is 6.92 Å². The molecule has 0 aliphatic rings. The SMILES string of the molecule is CC(=O)O.[CH-]=C.[Na+]. The molecule has 0 spiro atoms. The van der Waals surface area contributed by atoms with Crippen LogP contribution in [0.3, 0.4) is 0 Å². The minimum Gasteiger partial charge on any atom is -0.521 e. The van der Waals surface area contributed by atoms with E-state index in [4.69, 9.17) is 9.90 Å². The van der Waals surface area contributed by atoms with Crippen molar-refractivity contribution in [1.82, 2.24) is 0 Å². The van der Waals surface area contributed by atoms with Crippen LogP contribution in [0.4, 0.5) is 0 Å². The minimum atomic E-state index is -0.833. The summed E-state index contributed by atoms with van der Waals surface area (Å²) in [5.41, 5.74) is 0. The molecule has 7 heavy (non-hydrogen) atoms. The number of carboxylic acid groups (broad SMARTS) is 1. The molecule has 0 aromatic heterocycles. The molecule has 1 N–H and O–H groups in total. The fourth-order valence-electron chi connectivity index (χ4n) is 0. The van der Waals surface area contributed by atoms with Gasteiger partial charge in [0.1, 0.15) is 0 Å². The van der Waals surface area contributed by atoms with Crippen molar-refractivity contribution in [2.24, 2.45) is 0 Å². The summed E-state index contributed by atoms with van der Waals surface area (Å²) in [6.07, 6.45) is 0. The third kappa shape index (κ3) is 2500. The second-order valence-corrected chi connectivity index (χ2v) is 0.519. The van der Waals surface area contributed by atoms with Crippen LogP contribution >= 0.6 is 0 Å². The van der Waals surface area contributed by atoms with Crippen LogP contribution in [-0.2, 0) is 4.79 Å². The van der Waals surface area contributed by atoms with Crippen molar-refractivity contribution >= 4 is 5.97 Å². The Morgan fingerprint density at radius 3 is 1.71 bits per heavy atom. The predicted octanol–water partition coefficient (Wildman–Crippen LogP) is -2.30. The third-order valence-electron chi connectivity index (χ3n) is 0. The van der Waals surface area contributed by atoms with Gasteiger partial charge < -0.3 is 11.7 Å². The van der Waals surface area contributed by atoms with E-state index in [0.717, 1.165) is 6.92 Å². The molecular weight excluding hydrogens is 103 g/mol. The fraction of sp³-hybridized carbons (Fsp3) is 0.250. The Kier molecular flexibility index (Phi) is 36.7. The number of hydrogen-bond donors (Lipinski definition) is 1. The van der Waals surface area contributed by atoms with Crippen molar-refractivity contribution in [3.8, 4) is 0 Å². The molecule has 0 rings (SSSR count). The van der Waals surface area contributed by atoms with E-state index in [-0.39, 0.29) is 29.6 Å². The Morgan fingerprint density at radius 1 is 1.71 bits per heavy atom. The minimum absolute atomic E-state index is 0. The summed E-state index contributed by atoms with van der Waals surface area (Å²) in [6.45, 7) is 8.08. The van der Waals surface area contributed by atoms with E-state index in [9.17, 15) is 0 Å². The predicted molar refractivity (Wildman–Crippen MR) is 23.2 cm³/mol. The van der Waals surface area contributed by atoms with Gasteiger partial charge in [-0.05, 0) is 0 Å². The van der Waals surface area contributed by atoms with Crippen LogP contribution in [0.1, 0.15) is 6.92 Å². The van der Waals surface area contributed by atoms with E-state index in [1.807, 2.05) is 0 Å². The van der Waals surface area contributed by atoms with Gasteiger partial charge in [-0.3, -0.25) is 11.4 Å². The number of carboxylic acids is 1. The van der Waals surface area contributed by atoms with Crippen LogP contribution in [-0.4, -0.2) is 11.1 Å². The van der Waals surface area contributed by atoms with Crippen LogP contribution in [0.5, 0.6) is 0 Å². The molecule has 3 heteroatoms. The summed E-state index contributed by atoms with van der Waals surface area (Å²) in [5.74, 6) is -0.833. The average Bonchev–Trinajstić information content (AvgIpc) is 1.41. The maximum atomic E-state index is 9.00. The van der Waals surface area contributed by atoms with Gasteiger partial charge in [-0.1, -0.05) is 0 Å². The van der Waals surface area contributed by atoms with Gasteiger partial charge in [-0.15, -0.1) is 0 Å². The molecule has 0 heterocycles. The van der Waals surface area contributed by atoms with Crippen LogP contribution < -0.4 is 29.6 Å². The fourth-order valence-corrected chi connectivity index (χ4v) is 0. The Balaban J connectivity index is -0.0000000480. The first kappa shape index (κ1) is 15.7. The monoisotopic (exact) mass is 110 g/mol. The topological polar surface area (TPSA) is 37.3 Å². The first-order valence-electron chi connectivity index (χ1n) is 1.34. The van der Waals surface area contributed by atoms with Crippen LogP contribution in [0.25, 0.3) is 0 Å². The van der Waals surface area contributed by atoms with Gasteiger partial charge in [0.15, 0.2) is 0 Å². The molecule has 0 aliphatic heterocycles. The maximum absolute atomic E-state index is 9.00. The number of aliphatic carboxylic acids is 1. The van der Waals surface area contributed by atoms with Gasteiger partial charge in [-0.25, -0.2) is 0 Å². The number of carbonyl (C=O) groups is 1. The zero-order valence-electron chi connectivity index (χ0n) is 4.64. The summed E-state index contributed by atoms with van der Waals surface area (Å²) < 4.78 is 0. The van der Waals surface area contributed by atoms with Crippen LogP contribution in [0, 0.1) is 6.58 Å². The molecule has 2 nitrogen and oxygen atoms in total. The van der Waals surface area contributed by atoms with E-state index in [1.165, 1.54) is 0 Å². The molecular formula is C4H7NaO2. The van der Waals surface area contributed by atoms with E-state index in [0.29, 0.717) is 0 Å². The normalized spacial score (nSPS) is 4.14. The Labute approximate surface area is 65.5 Å². The van der Waals surface area contributed by atoms with E-state index in [2.05, 4.69) is 13.2 Å². The standard InChI is InChI=1S/C2H4O2.C2H3.Na/c1-2(3)4;1-2;/h1H3,(H,3,4);1H,2H2;/q;-1;+1. The Morgan fingerprint density at radius 2 is 1.71 bits per heavy atom. The van der Waals surface area contributed by atoms with Crippen LogP contribution in [0.15, 0.2) is 6.58 Å². The summed E-state index contributed by atoms with van der Waals surface area (Å²) in [5, 5.41) is 7.42. The Hall–Kier alpha value is 0.210. The van der Waals surface area contributed by atoms with Gasteiger partial charge in [0, 0.05) is 6.92 Å². The van der Waals surface area contributed by atoms with Crippen molar-refractivity contribution in [3.05, 3.63) is 13.2 Å². The second kappa shape index (κ2) is 16.4. The van der Waals surface area contributed by atoms with Crippen molar-refractivity contribution in [3.63, 3.8) is 0 Å². The average molecular weight is 110 g/mol. The molecule has 0 saturated heterocycles. The zero-order chi connectivity index (χ0) is 5.58. The molecule has 0 aliphatic carbocycles. The Bertz CT molecular complexity index is 41.0. The molecule has 0 radical (unpaired) electrons. The second-order valence-electron chi connectivity index (χ2n) is 0.519. The van der Waals surface area contributed by atoms with Gasteiger partial charge in [0.2, 0.25) is 0 Å². The molecule has 36 valence electrons. The molecule has 0 atom stereocenters.